The Morgan fingerprint density at radius 1 is 0.765 bits per heavy atom. The summed E-state index contributed by atoms with van der Waals surface area (Å²) in [5.74, 6) is -1.54. The second kappa shape index (κ2) is 23.5. The lowest BCUT2D eigenvalue weighted by Gasteiger charge is -2.27. The monoisotopic (exact) mass is 979 g/mol. The minimum atomic E-state index is -4.13. The van der Waals surface area contributed by atoms with E-state index in [1.807, 2.05) is 60.7 Å². The molecule has 5 aromatic carbocycles. The Bertz CT molecular complexity index is 2890. The molecule has 6 rings (SSSR count). The average molecular weight is 980 g/mol. The zero-order chi connectivity index (χ0) is 48.8. The number of guanidine groups is 1. The summed E-state index contributed by atoms with van der Waals surface area (Å²) in [5.41, 5.74) is 11.5. The molecule has 15 nitrogen and oxygen atoms in total. The topological polar surface area (TPSA) is 231 Å². The molecule has 0 radical (unpaired) electrons. The fourth-order valence-electron chi connectivity index (χ4n) is 7.84. The molecule has 0 aliphatic rings. The van der Waals surface area contributed by atoms with Crippen LogP contribution in [0.3, 0.4) is 0 Å². The molecule has 7 N–H and O–H groups in total. The molecule has 0 fully saturated rings. The lowest BCUT2D eigenvalue weighted by molar-refractivity contribution is -0.130. The SMILES string of the molecule is COc1cc(C)c(S(=O)(=O)NC(N)=NCCC[C@H](NC(=O)[C@H](Cc2cccc(-c3ccccc3)c2)NC(=O)[C@@H](Cc2ccccc2)NS(=O)(=O)Cc2ccccc2)C(O)c2nccs2)c(C)c1C. The van der Waals surface area contributed by atoms with Crippen molar-refractivity contribution in [3.8, 4) is 16.9 Å². The number of aliphatic imine (C=N–C) groups is 1. The number of nitrogens with one attached hydrogen (secondary N) is 4. The molecule has 1 heterocycles. The third-order valence-corrected chi connectivity index (χ3v) is 15.1. The smallest absolute Gasteiger partial charge is 0.264 e. The number of amides is 2. The van der Waals surface area contributed by atoms with Crippen molar-refractivity contribution in [2.45, 2.75) is 81.3 Å². The minimum Gasteiger partial charge on any atom is -0.496 e. The van der Waals surface area contributed by atoms with Gasteiger partial charge in [-0.25, -0.2) is 31.3 Å². The Morgan fingerprint density at radius 3 is 2.01 bits per heavy atom. The number of hydrogen-bond acceptors (Lipinski definition) is 11. The normalized spacial score (nSPS) is 13.8. The number of ether oxygens (including phenoxy) is 1. The number of hydrogen-bond donors (Lipinski definition) is 6. The largest absolute Gasteiger partial charge is 0.496 e. The highest BCUT2D eigenvalue weighted by Crippen LogP contribution is 2.30. The van der Waals surface area contributed by atoms with Crippen LogP contribution in [0.5, 0.6) is 5.75 Å². The van der Waals surface area contributed by atoms with E-state index < -0.39 is 56.1 Å². The Hall–Kier alpha value is -6.44. The van der Waals surface area contributed by atoms with Crippen molar-refractivity contribution in [1.82, 2.24) is 25.1 Å². The Labute approximate surface area is 402 Å². The zero-order valence-electron chi connectivity index (χ0n) is 38.3. The lowest BCUT2D eigenvalue weighted by Crippen LogP contribution is -2.56. The van der Waals surface area contributed by atoms with Crippen LogP contribution in [0.1, 0.15) is 57.3 Å². The van der Waals surface area contributed by atoms with Crippen LogP contribution in [-0.4, -0.2) is 76.5 Å². The molecule has 68 heavy (non-hydrogen) atoms. The molecule has 0 aliphatic heterocycles. The highest BCUT2D eigenvalue weighted by molar-refractivity contribution is 7.90. The maximum absolute atomic E-state index is 14.7. The molecule has 1 aromatic heterocycles. The molecule has 0 saturated heterocycles. The first-order valence-electron chi connectivity index (χ1n) is 21.9. The molecule has 0 aliphatic carbocycles. The number of thiazole rings is 1. The van der Waals surface area contributed by atoms with Gasteiger partial charge in [-0.2, -0.15) is 0 Å². The van der Waals surface area contributed by atoms with Crippen molar-refractivity contribution in [3.63, 3.8) is 0 Å². The number of benzene rings is 5. The van der Waals surface area contributed by atoms with E-state index in [-0.39, 0.29) is 48.8 Å². The number of carbonyl (C=O) groups is 2. The second-order valence-corrected chi connectivity index (χ2v) is 20.7. The minimum absolute atomic E-state index is 0.000769. The summed E-state index contributed by atoms with van der Waals surface area (Å²) < 4.78 is 64.6. The van der Waals surface area contributed by atoms with Gasteiger partial charge in [0, 0.05) is 24.5 Å². The summed E-state index contributed by atoms with van der Waals surface area (Å²) in [6.45, 7) is 5.13. The lowest BCUT2D eigenvalue weighted by atomic mass is 9.98. The van der Waals surface area contributed by atoms with Crippen LogP contribution in [-0.2, 0) is 48.2 Å². The van der Waals surface area contributed by atoms with Crippen LogP contribution in [0.15, 0.2) is 143 Å². The van der Waals surface area contributed by atoms with E-state index in [0.29, 0.717) is 44.1 Å². The van der Waals surface area contributed by atoms with Gasteiger partial charge in [0.1, 0.15) is 28.9 Å². The van der Waals surface area contributed by atoms with Gasteiger partial charge in [-0.05, 0) is 90.6 Å². The summed E-state index contributed by atoms with van der Waals surface area (Å²) in [7, 11) is -6.69. The predicted molar refractivity (Wildman–Crippen MR) is 266 cm³/mol. The van der Waals surface area contributed by atoms with E-state index in [2.05, 4.69) is 30.1 Å². The number of aromatic nitrogens is 1. The Balaban J connectivity index is 1.25. The van der Waals surface area contributed by atoms with Crippen LogP contribution in [0.4, 0.5) is 0 Å². The van der Waals surface area contributed by atoms with Crippen molar-refractivity contribution in [2.24, 2.45) is 10.7 Å². The summed E-state index contributed by atoms with van der Waals surface area (Å²) in [6.07, 6.45) is 0.599. The summed E-state index contributed by atoms with van der Waals surface area (Å²) in [6, 6.07) is 32.9. The number of nitrogens with zero attached hydrogens (tertiary/aromatic N) is 2. The number of aryl methyl sites for hydroxylation is 1. The van der Waals surface area contributed by atoms with Crippen molar-refractivity contribution in [3.05, 3.63) is 171 Å². The number of nitrogens with two attached hydrogens (primary N) is 1. The number of carbonyl (C=O) groups excluding carboxylic acids is 2. The predicted octanol–water partition coefficient (Wildman–Crippen LogP) is 5.79. The van der Waals surface area contributed by atoms with E-state index in [1.54, 1.807) is 86.8 Å². The van der Waals surface area contributed by atoms with Gasteiger partial charge in [-0.1, -0.05) is 115 Å². The number of aliphatic hydroxyl groups is 1. The third-order valence-electron chi connectivity index (χ3n) is 11.3. The first-order chi connectivity index (χ1) is 32.5. The van der Waals surface area contributed by atoms with Gasteiger partial charge in [0.2, 0.25) is 27.8 Å². The number of sulfonamides is 2. The van der Waals surface area contributed by atoms with Gasteiger partial charge in [0.25, 0.3) is 10.0 Å². The maximum atomic E-state index is 14.7. The molecule has 0 saturated carbocycles. The van der Waals surface area contributed by atoms with E-state index in [0.717, 1.165) is 11.1 Å². The third kappa shape index (κ3) is 14.1. The molecule has 18 heteroatoms. The molecule has 2 amide bonds. The first-order valence-corrected chi connectivity index (χ1v) is 25.9. The number of methoxy groups -OCH3 is 1. The summed E-state index contributed by atoms with van der Waals surface area (Å²) >= 11 is 1.19. The number of rotatable bonds is 22. The highest BCUT2D eigenvalue weighted by atomic mass is 32.2. The van der Waals surface area contributed by atoms with E-state index >= 15 is 0 Å². The Kier molecular flexibility index (Phi) is 17.6. The van der Waals surface area contributed by atoms with Crippen LogP contribution < -0.4 is 30.5 Å². The van der Waals surface area contributed by atoms with Crippen LogP contribution in [0.25, 0.3) is 11.1 Å². The van der Waals surface area contributed by atoms with Gasteiger partial charge in [-0.3, -0.25) is 14.6 Å². The van der Waals surface area contributed by atoms with Crippen molar-refractivity contribution in [1.29, 1.82) is 0 Å². The highest BCUT2D eigenvalue weighted by Gasteiger charge is 2.33. The molecule has 0 bridgehead atoms. The second-order valence-electron chi connectivity index (χ2n) is 16.4. The zero-order valence-corrected chi connectivity index (χ0v) is 40.7. The van der Waals surface area contributed by atoms with Crippen molar-refractivity contribution < 1.29 is 36.3 Å². The molecular formula is C50H57N7O8S3. The molecule has 0 spiro atoms. The van der Waals surface area contributed by atoms with Crippen LogP contribution >= 0.6 is 11.3 Å². The van der Waals surface area contributed by atoms with Crippen molar-refractivity contribution >= 4 is 49.2 Å². The molecule has 358 valence electrons. The van der Waals surface area contributed by atoms with Gasteiger partial charge < -0.3 is 26.2 Å². The van der Waals surface area contributed by atoms with Crippen molar-refractivity contribution in [2.75, 3.05) is 13.7 Å². The van der Waals surface area contributed by atoms with Gasteiger partial charge in [-0.15, -0.1) is 11.3 Å². The maximum Gasteiger partial charge on any atom is 0.264 e. The number of aliphatic hydroxyl groups excluding tert-OH is 1. The van der Waals surface area contributed by atoms with Crippen LogP contribution in [0.2, 0.25) is 0 Å². The van der Waals surface area contributed by atoms with Gasteiger partial charge in [0.05, 0.1) is 23.8 Å². The molecule has 4 atom stereocenters. The molecular weight excluding hydrogens is 923 g/mol. The average Bonchev–Trinajstić information content (AvgIpc) is 3.86. The molecule has 6 aromatic rings. The fourth-order valence-corrected chi connectivity index (χ4v) is 11.3. The quantitative estimate of drug-likeness (QED) is 0.0272. The van der Waals surface area contributed by atoms with Gasteiger partial charge >= 0.3 is 0 Å². The van der Waals surface area contributed by atoms with Crippen LogP contribution in [0, 0.1) is 20.8 Å². The first kappa shape index (κ1) is 51.0. The summed E-state index contributed by atoms with van der Waals surface area (Å²) in [5, 5.41) is 19.5. The van der Waals surface area contributed by atoms with E-state index in [4.69, 9.17) is 10.5 Å². The molecule has 1 unspecified atom stereocenters. The summed E-state index contributed by atoms with van der Waals surface area (Å²) in [4.78, 5) is 37.7. The fraction of sp³-hybridized carbons (Fsp3) is 0.280. The standard InChI is InChI=1S/C50H57N7O8S3/c1-33-28-44(65-4)34(2)35(3)46(33)68(63,64)57-50(51)53-25-15-24-41(45(58)49-52-26-27-66-49)54-47(59)42(31-38-20-14-23-40(29-38)39-21-12-7-13-22-39)55-48(60)43(30-36-16-8-5-9-17-36)56-67(61,62)32-37-18-10-6-11-19-37/h5-14,16-23,26-29,41-43,45,56,58H,15,24-25,30-32H2,1-4H3,(H,54,59)(H,55,60)(H3,51,53,57)/t41-,42-,43+,45?/m0/s1. The van der Waals surface area contributed by atoms with E-state index in [9.17, 15) is 31.5 Å². The van der Waals surface area contributed by atoms with Gasteiger partial charge in [0.15, 0.2) is 0 Å². The Morgan fingerprint density at radius 2 is 1.37 bits per heavy atom. The van der Waals surface area contributed by atoms with E-state index in [1.165, 1.54) is 24.6 Å².